The van der Waals surface area contributed by atoms with Gasteiger partial charge in [0.05, 0.1) is 6.10 Å². The Balaban J connectivity index is 2.04. The lowest BCUT2D eigenvalue weighted by atomic mass is 10.1. The molecule has 0 bridgehead atoms. The van der Waals surface area contributed by atoms with Gasteiger partial charge >= 0.3 is 0 Å². The van der Waals surface area contributed by atoms with Crippen molar-refractivity contribution in [1.82, 2.24) is 10.6 Å². The zero-order chi connectivity index (χ0) is 13.8. The third-order valence-electron chi connectivity index (χ3n) is 2.97. The molecule has 19 heavy (non-hydrogen) atoms. The number of guanidine groups is 1. The molecule has 1 heterocycles. The third kappa shape index (κ3) is 8.06. The van der Waals surface area contributed by atoms with Crippen LogP contribution in [-0.2, 0) is 9.47 Å². The van der Waals surface area contributed by atoms with Crippen LogP contribution in [-0.4, -0.2) is 51.5 Å². The number of rotatable bonds is 8. The van der Waals surface area contributed by atoms with Gasteiger partial charge in [0.25, 0.3) is 0 Å². The van der Waals surface area contributed by atoms with Gasteiger partial charge in [-0.1, -0.05) is 6.92 Å². The fourth-order valence-corrected chi connectivity index (χ4v) is 1.94. The van der Waals surface area contributed by atoms with Crippen LogP contribution in [0.25, 0.3) is 0 Å². The molecular formula is C14H29N3O2. The summed E-state index contributed by atoms with van der Waals surface area (Å²) >= 11 is 0. The average molecular weight is 271 g/mol. The van der Waals surface area contributed by atoms with Gasteiger partial charge in [-0.3, -0.25) is 4.99 Å². The topological polar surface area (TPSA) is 54.9 Å². The molecule has 0 saturated carbocycles. The Hall–Kier alpha value is -0.810. The minimum Gasteiger partial charge on any atom is -0.381 e. The zero-order valence-electron chi connectivity index (χ0n) is 12.4. The number of nitrogens with zero attached hydrogens (tertiary/aromatic N) is 1. The molecule has 112 valence electrons. The number of nitrogens with one attached hydrogen (secondary N) is 2. The van der Waals surface area contributed by atoms with E-state index in [1.165, 1.54) is 0 Å². The monoisotopic (exact) mass is 271 g/mol. The van der Waals surface area contributed by atoms with Gasteiger partial charge in [-0.25, -0.2) is 0 Å². The van der Waals surface area contributed by atoms with Gasteiger partial charge in [0.1, 0.15) is 0 Å². The molecule has 0 aliphatic carbocycles. The van der Waals surface area contributed by atoms with E-state index in [0.717, 1.165) is 71.1 Å². The van der Waals surface area contributed by atoms with Crippen LogP contribution in [0.5, 0.6) is 0 Å². The van der Waals surface area contributed by atoms with Crippen LogP contribution in [0, 0.1) is 0 Å². The first-order valence-corrected chi connectivity index (χ1v) is 7.58. The Morgan fingerprint density at radius 3 is 2.74 bits per heavy atom. The van der Waals surface area contributed by atoms with Crippen LogP contribution < -0.4 is 10.6 Å². The highest BCUT2D eigenvalue weighted by molar-refractivity contribution is 5.79. The third-order valence-corrected chi connectivity index (χ3v) is 2.97. The Morgan fingerprint density at radius 1 is 1.26 bits per heavy atom. The second kappa shape index (κ2) is 11.1. The van der Waals surface area contributed by atoms with E-state index in [-0.39, 0.29) is 0 Å². The van der Waals surface area contributed by atoms with E-state index < -0.39 is 0 Å². The maximum Gasteiger partial charge on any atom is 0.191 e. The number of aliphatic imine (C=N–C) groups is 1. The molecule has 0 atom stereocenters. The SMILES string of the molecule is CCCN=C(NCC)NCCCOC1CCOCC1. The van der Waals surface area contributed by atoms with E-state index >= 15 is 0 Å². The van der Waals surface area contributed by atoms with Gasteiger partial charge < -0.3 is 20.1 Å². The van der Waals surface area contributed by atoms with Crippen molar-refractivity contribution in [3.63, 3.8) is 0 Å². The molecule has 0 aromatic rings. The fraction of sp³-hybridized carbons (Fsp3) is 0.929. The van der Waals surface area contributed by atoms with Crippen molar-refractivity contribution in [2.24, 2.45) is 4.99 Å². The van der Waals surface area contributed by atoms with E-state index in [1.54, 1.807) is 0 Å². The van der Waals surface area contributed by atoms with E-state index in [9.17, 15) is 0 Å². The lowest BCUT2D eigenvalue weighted by molar-refractivity contribution is -0.0320. The van der Waals surface area contributed by atoms with E-state index in [0.29, 0.717) is 6.10 Å². The minimum absolute atomic E-state index is 0.399. The normalized spacial score (nSPS) is 17.5. The van der Waals surface area contributed by atoms with Gasteiger partial charge in [0.15, 0.2) is 5.96 Å². The van der Waals surface area contributed by atoms with Crippen LogP contribution in [0.1, 0.15) is 39.5 Å². The minimum atomic E-state index is 0.399. The molecule has 0 radical (unpaired) electrons. The van der Waals surface area contributed by atoms with Gasteiger partial charge in [-0.05, 0) is 32.6 Å². The molecule has 5 nitrogen and oxygen atoms in total. The molecule has 1 aliphatic rings. The smallest absolute Gasteiger partial charge is 0.191 e. The lowest BCUT2D eigenvalue weighted by Crippen LogP contribution is -2.38. The van der Waals surface area contributed by atoms with Crippen LogP contribution in [0.4, 0.5) is 0 Å². The standard InChI is InChI=1S/C14H29N3O2/c1-3-8-16-14(15-4-2)17-9-5-10-19-13-6-11-18-12-7-13/h13H,3-12H2,1-2H3,(H2,15,16,17). The summed E-state index contributed by atoms with van der Waals surface area (Å²) in [6.45, 7) is 9.38. The lowest BCUT2D eigenvalue weighted by Gasteiger charge is -2.22. The highest BCUT2D eigenvalue weighted by Crippen LogP contribution is 2.10. The predicted molar refractivity (Wildman–Crippen MR) is 78.7 cm³/mol. The average Bonchev–Trinajstić information content (AvgIpc) is 2.45. The maximum absolute atomic E-state index is 5.83. The van der Waals surface area contributed by atoms with Gasteiger partial charge in [0, 0.05) is 39.5 Å². The molecule has 0 aromatic carbocycles. The fourth-order valence-electron chi connectivity index (χ4n) is 1.94. The first-order chi connectivity index (χ1) is 9.36. The summed E-state index contributed by atoms with van der Waals surface area (Å²) in [6.07, 6.45) is 4.55. The van der Waals surface area contributed by atoms with E-state index in [1.807, 2.05) is 0 Å². The first kappa shape index (κ1) is 16.2. The van der Waals surface area contributed by atoms with Gasteiger partial charge in [0.2, 0.25) is 0 Å². The van der Waals surface area contributed by atoms with Gasteiger partial charge in [-0.15, -0.1) is 0 Å². The van der Waals surface area contributed by atoms with Crippen molar-refractivity contribution >= 4 is 5.96 Å². The molecule has 5 heteroatoms. The van der Waals surface area contributed by atoms with Gasteiger partial charge in [-0.2, -0.15) is 0 Å². The second-order valence-electron chi connectivity index (χ2n) is 4.72. The Morgan fingerprint density at radius 2 is 2.05 bits per heavy atom. The molecule has 0 unspecified atom stereocenters. The molecule has 1 saturated heterocycles. The van der Waals surface area contributed by atoms with Crippen LogP contribution in [0.2, 0.25) is 0 Å². The molecule has 1 aliphatic heterocycles. The highest BCUT2D eigenvalue weighted by atomic mass is 16.5. The van der Waals surface area contributed by atoms with Crippen LogP contribution in [0.3, 0.4) is 0 Å². The zero-order valence-corrected chi connectivity index (χ0v) is 12.4. The Labute approximate surface area is 117 Å². The maximum atomic E-state index is 5.83. The molecule has 0 spiro atoms. The summed E-state index contributed by atoms with van der Waals surface area (Å²) in [5, 5.41) is 6.57. The number of ether oxygens (including phenoxy) is 2. The van der Waals surface area contributed by atoms with Crippen LogP contribution >= 0.6 is 0 Å². The van der Waals surface area contributed by atoms with Crippen molar-refractivity contribution in [1.29, 1.82) is 0 Å². The summed E-state index contributed by atoms with van der Waals surface area (Å²) in [5.74, 6) is 0.912. The Bertz CT molecular complexity index is 241. The van der Waals surface area contributed by atoms with Crippen molar-refractivity contribution in [3.8, 4) is 0 Å². The highest BCUT2D eigenvalue weighted by Gasteiger charge is 2.13. The predicted octanol–water partition coefficient (Wildman–Crippen LogP) is 1.54. The second-order valence-corrected chi connectivity index (χ2v) is 4.72. The molecule has 1 rings (SSSR count). The van der Waals surface area contributed by atoms with Crippen molar-refractivity contribution in [2.75, 3.05) is 39.5 Å². The Kier molecular flexibility index (Phi) is 9.45. The van der Waals surface area contributed by atoms with Crippen molar-refractivity contribution in [2.45, 2.75) is 45.6 Å². The molecule has 1 fully saturated rings. The molecule has 2 N–H and O–H groups in total. The van der Waals surface area contributed by atoms with E-state index in [4.69, 9.17) is 9.47 Å². The number of hydrogen-bond donors (Lipinski definition) is 2. The summed E-state index contributed by atoms with van der Waals surface area (Å²) in [5.41, 5.74) is 0. The summed E-state index contributed by atoms with van der Waals surface area (Å²) in [7, 11) is 0. The summed E-state index contributed by atoms with van der Waals surface area (Å²) in [6, 6.07) is 0. The van der Waals surface area contributed by atoms with Crippen LogP contribution in [0.15, 0.2) is 4.99 Å². The largest absolute Gasteiger partial charge is 0.381 e. The molecule has 0 aromatic heterocycles. The summed E-state index contributed by atoms with van der Waals surface area (Å²) < 4.78 is 11.1. The van der Waals surface area contributed by atoms with Crippen molar-refractivity contribution < 1.29 is 9.47 Å². The first-order valence-electron chi connectivity index (χ1n) is 7.58. The number of hydrogen-bond acceptors (Lipinski definition) is 3. The molecular weight excluding hydrogens is 242 g/mol. The van der Waals surface area contributed by atoms with E-state index in [2.05, 4.69) is 29.5 Å². The summed E-state index contributed by atoms with van der Waals surface area (Å²) in [4.78, 5) is 4.46. The quantitative estimate of drug-likeness (QED) is 0.399. The molecule has 0 amide bonds. The van der Waals surface area contributed by atoms with Crippen molar-refractivity contribution in [3.05, 3.63) is 0 Å².